The summed E-state index contributed by atoms with van der Waals surface area (Å²) in [6.07, 6.45) is 1.90. The lowest BCUT2D eigenvalue weighted by Crippen LogP contribution is -2.48. The van der Waals surface area contributed by atoms with Gasteiger partial charge < -0.3 is 14.2 Å². The second-order valence-corrected chi connectivity index (χ2v) is 8.64. The quantitative estimate of drug-likeness (QED) is 0.695. The van der Waals surface area contributed by atoms with Gasteiger partial charge in [0.2, 0.25) is 0 Å². The highest BCUT2D eigenvalue weighted by Gasteiger charge is 2.41. The molecular weight excluding hydrogens is 425 g/mol. The minimum atomic E-state index is -0.488. The van der Waals surface area contributed by atoms with Gasteiger partial charge in [-0.1, -0.05) is 30.3 Å². The van der Waals surface area contributed by atoms with Crippen molar-refractivity contribution in [2.45, 2.75) is 31.1 Å². The van der Waals surface area contributed by atoms with Gasteiger partial charge in [-0.05, 0) is 18.2 Å². The highest BCUT2D eigenvalue weighted by molar-refractivity contribution is 6.03. The summed E-state index contributed by atoms with van der Waals surface area (Å²) in [5.41, 5.74) is 2.07. The minimum absolute atomic E-state index is 0.148. The molecule has 3 heterocycles. The number of halogens is 1. The molecule has 1 amide bonds. The first kappa shape index (κ1) is 22.0. The molecule has 2 saturated heterocycles. The smallest absolute Gasteiger partial charge is 0.257 e. The number of ether oxygens (including phenoxy) is 3. The van der Waals surface area contributed by atoms with Gasteiger partial charge in [0, 0.05) is 43.5 Å². The molecule has 0 bridgehead atoms. The zero-order valence-electron chi connectivity index (χ0n) is 18.7. The molecule has 1 atom stereocenters. The molecular formula is C25H28FN3O4. The summed E-state index contributed by atoms with van der Waals surface area (Å²) in [5, 5.41) is 6.13. The van der Waals surface area contributed by atoms with Crippen molar-refractivity contribution in [3.63, 3.8) is 0 Å². The van der Waals surface area contributed by atoms with Crippen LogP contribution in [-0.4, -0.2) is 67.3 Å². The Balaban J connectivity index is 1.36. The number of amides is 1. The van der Waals surface area contributed by atoms with Crippen molar-refractivity contribution in [3.05, 3.63) is 65.5 Å². The fourth-order valence-electron chi connectivity index (χ4n) is 4.81. The van der Waals surface area contributed by atoms with E-state index in [0.29, 0.717) is 44.0 Å². The summed E-state index contributed by atoms with van der Waals surface area (Å²) >= 11 is 0. The van der Waals surface area contributed by atoms with Gasteiger partial charge in [-0.15, -0.1) is 0 Å². The molecule has 0 aromatic heterocycles. The van der Waals surface area contributed by atoms with Gasteiger partial charge in [0.15, 0.2) is 5.79 Å². The molecule has 2 aromatic carbocycles. The molecule has 0 saturated carbocycles. The van der Waals surface area contributed by atoms with E-state index in [1.54, 1.807) is 25.3 Å². The molecule has 2 aromatic rings. The van der Waals surface area contributed by atoms with E-state index in [0.717, 1.165) is 24.1 Å². The maximum atomic E-state index is 14.7. The number of likely N-dealkylation sites (tertiary alicyclic amines) is 1. The molecule has 174 valence electrons. The van der Waals surface area contributed by atoms with Gasteiger partial charge in [-0.3, -0.25) is 9.69 Å². The molecule has 0 aliphatic carbocycles. The van der Waals surface area contributed by atoms with E-state index < -0.39 is 11.8 Å². The van der Waals surface area contributed by atoms with Crippen LogP contribution in [0.25, 0.3) is 0 Å². The number of rotatable bonds is 5. The zero-order valence-corrected chi connectivity index (χ0v) is 18.7. The van der Waals surface area contributed by atoms with Crippen LogP contribution in [0, 0.1) is 5.82 Å². The van der Waals surface area contributed by atoms with E-state index in [4.69, 9.17) is 14.2 Å². The number of carbonyl (C=O) groups excluding carboxylic acids is 1. The van der Waals surface area contributed by atoms with Gasteiger partial charge in [0.1, 0.15) is 11.6 Å². The SMILES string of the molecule is COc1cccc(C2=NN(C(=O)CN3CCC4(CC3)OCCO4)C(c3ccccc3F)C2)c1. The Morgan fingerprint density at radius 3 is 2.64 bits per heavy atom. The van der Waals surface area contributed by atoms with Crippen LogP contribution < -0.4 is 4.74 Å². The zero-order chi connectivity index (χ0) is 22.8. The van der Waals surface area contributed by atoms with Crippen molar-refractivity contribution < 1.29 is 23.4 Å². The molecule has 1 spiro atoms. The number of hydrogen-bond acceptors (Lipinski definition) is 6. The Morgan fingerprint density at radius 2 is 1.91 bits per heavy atom. The predicted molar refractivity (Wildman–Crippen MR) is 120 cm³/mol. The van der Waals surface area contributed by atoms with E-state index in [1.807, 2.05) is 24.3 Å². The average molecular weight is 454 g/mol. The summed E-state index contributed by atoms with van der Waals surface area (Å²) in [6, 6.07) is 13.7. The highest BCUT2D eigenvalue weighted by Crippen LogP contribution is 2.35. The topological polar surface area (TPSA) is 63.6 Å². The molecule has 3 aliphatic heterocycles. The Bertz CT molecular complexity index is 1040. The van der Waals surface area contributed by atoms with Crippen LogP contribution in [-0.2, 0) is 14.3 Å². The van der Waals surface area contributed by atoms with Crippen LogP contribution in [0.3, 0.4) is 0 Å². The Kier molecular flexibility index (Phi) is 6.14. The van der Waals surface area contributed by atoms with Crippen LogP contribution in [0.15, 0.2) is 53.6 Å². The van der Waals surface area contributed by atoms with E-state index >= 15 is 0 Å². The van der Waals surface area contributed by atoms with Gasteiger partial charge in [-0.25, -0.2) is 9.40 Å². The lowest BCUT2D eigenvalue weighted by molar-refractivity contribution is -0.186. The summed E-state index contributed by atoms with van der Waals surface area (Å²) < 4.78 is 31.6. The fraction of sp³-hybridized carbons (Fsp3) is 0.440. The molecule has 8 heteroatoms. The van der Waals surface area contributed by atoms with Crippen molar-refractivity contribution in [2.24, 2.45) is 5.10 Å². The number of carbonyl (C=O) groups is 1. The summed E-state index contributed by atoms with van der Waals surface area (Å²) in [5.74, 6) is -0.259. The largest absolute Gasteiger partial charge is 0.497 e. The number of hydrazone groups is 1. The van der Waals surface area contributed by atoms with Crippen LogP contribution in [0.2, 0.25) is 0 Å². The predicted octanol–water partition coefficient (Wildman–Crippen LogP) is 3.35. The average Bonchev–Trinajstić information content (AvgIpc) is 3.49. The van der Waals surface area contributed by atoms with Crippen LogP contribution in [0.5, 0.6) is 5.75 Å². The summed E-state index contributed by atoms with van der Waals surface area (Å²) in [4.78, 5) is 15.5. The van der Waals surface area contributed by atoms with Crippen molar-refractivity contribution in [1.82, 2.24) is 9.91 Å². The number of methoxy groups -OCH3 is 1. The lowest BCUT2D eigenvalue weighted by atomic mass is 9.98. The standard InChI is InChI=1S/C25H28FN3O4/c1-31-19-6-4-5-18(15-19)22-16-23(20-7-2-3-8-21(20)26)29(27-22)24(30)17-28-11-9-25(10-12-28)32-13-14-33-25/h2-8,15,23H,9-14,16-17H2,1H3. The summed E-state index contributed by atoms with van der Waals surface area (Å²) in [7, 11) is 1.61. The molecule has 3 aliphatic rings. The Morgan fingerprint density at radius 1 is 1.15 bits per heavy atom. The van der Waals surface area contributed by atoms with Crippen molar-refractivity contribution in [1.29, 1.82) is 0 Å². The van der Waals surface area contributed by atoms with Crippen molar-refractivity contribution >= 4 is 11.6 Å². The lowest BCUT2D eigenvalue weighted by Gasteiger charge is -2.37. The maximum Gasteiger partial charge on any atom is 0.257 e. The van der Waals surface area contributed by atoms with Gasteiger partial charge in [-0.2, -0.15) is 5.10 Å². The van der Waals surface area contributed by atoms with Crippen LogP contribution in [0.4, 0.5) is 4.39 Å². The van der Waals surface area contributed by atoms with E-state index in [9.17, 15) is 9.18 Å². The third-order valence-corrected chi connectivity index (χ3v) is 6.62. The number of piperidine rings is 1. The Hall–Kier alpha value is -2.81. The van der Waals surface area contributed by atoms with Gasteiger partial charge >= 0.3 is 0 Å². The van der Waals surface area contributed by atoms with E-state index in [1.165, 1.54) is 11.1 Å². The highest BCUT2D eigenvalue weighted by atomic mass is 19.1. The number of nitrogens with zero attached hydrogens (tertiary/aromatic N) is 3. The summed E-state index contributed by atoms with van der Waals surface area (Å²) in [6.45, 7) is 2.88. The van der Waals surface area contributed by atoms with Gasteiger partial charge in [0.05, 0.1) is 38.6 Å². The molecule has 33 heavy (non-hydrogen) atoms. The Labute approximate surface area is 192 Å². The molecule has 5 rings (SSSR count). The second kappa shape index (κ2) is 9.21. The number of hydrogen-bond donors (Lipinski definition) is 0. The van der Waals surface area contributed by atoms with Crippen LogP contribution in [0.1, 0.15) is 36.4 Å². The fourth-order valence-corrected chi connectivity index (χ4v) is 4.81. The number of benzene rings is 2. The first-order valence-electron chi connectivity index (χ1n) is 11.4. The van der Waals surface area contributed by atoms with Gasteiger partial charge in [0.25, 0.3) is 5.91 Å². The molecule has 1 unspecified atom stereocenters. The first-order chi connectivity index (χ1) is 16.1. The maximum absolute atomic E-state index is 14.7. The molecule has 2 fully saturated rings. The molecule has 0 radical (unpaired) electrons. The van der Waals surface area contributed by atoms with E-state index in [-0.39, 0.29) is 18.3 Å². The monoisotopic (exact) mass is 453 g/mol. The van der Waals surface area contributed by atoms with E-state index in [2.05, 4.69) is 10.0 Å². The second-order valence-electron chi connectivity index (χ2n) is 8.64. The van der Waals surface area contributed by atoms with Crippen LogP contribution >= 0.6 is 0 Å². The normalized spacial score (nSPS) is 22.5. The minimum Gasteiger partial charge on any atom is -0.497 e. The third kappa shape index (κ3) is 4.51. The first-order valence-corrected chi connectivity index (χ1v) is 11.4. The van der Waals surface area contributed by atoms with Crippen molar-refractivity contribution in [3.8, 4) is 5.75 Å². The molecule has 0 N–H and O–H groups in total. The van der Waals surface area contributed by atoms with Crippen molar-refractivity contribution in [2.75, 3.05) is 40.0 Å². The molecule has 7 nitrogen and oxygen atoms in total. The third-order valence-electron chi connectivity index (χ3n) is 6.62.